The molecule has 0 bridgehead atoms. The molecule has 0 atom stereocenters. The van der Waals surface area contributed by atoms with Crippen LogP contribution in [0.15, 0.2) is 35.3 Å². The molecule has 0 radical (unpaired) electrons. The van der Waals surface area contributed by atoms with Gasteiger partial charge in [0.1, 0.15) is 5.82 Å². The molecule has 0 aliphatic rings. The Kier molecular flexibility index (Phi) is 6.29. The molecule has 0 aromatic heterocycles. The largest absolute Gasteiger partial charge is 0.416 e. The summed E-state index contributed by atoms with van der Waals surface area (Å²) in [5.41, 5.74) is 1.33. The number of benzene rings is 2. The van der Waals surface area contributed by atoms with Gasteiger partial charge in [-0.25, -0.2) is 9.38 Å². The van der Waals surface area contributed by atoms with E-state index < -0.39 is 17.6 Å². The van der Waals surface area contributed by atoms with Crippen LogP contribution in [0.5, 0.6) is 0 Å². The van der Waals surface area contributed by atoms with Crippen LogP contribution in [0.3, 0.4) is 0 Å². The lowest BCUT2D eigenvalue weighted by atomic mass is 9.98. The molecular weight excluding hydrogens is 368 g/mol. The molecule has 0 spiro atoms. The van der Waals surface area contributed by atoms with Crippen LogP contribution >= 0.6 is 11.6 Å². The van der Waals surface area contributed by atoms with E-state index in [1.54, 1.807) is 18.5 Å². The van der Waals surface area contributed by atoms with E-state index in [0.717, 1.165) is 29.8 Å². The first-order valence-corrected chi connectivity index (χ1v) is 8.38. The summed E-state index contributed by atoms with van der Waals surface area (Å²) in [6.45, 7) is 4.61. The van der Waals surface area contributed by atoms with Crippen LogP contribution < -0.4 is 0 Å². The topological polar surface area (TPSA) is 15.6 Å². The maximum absolute atomic E-state index is 14.1. The number of hydrogen-bond donors (Lipinski definition) is 0. The molecule has 2 aromatic rings. The van der Waals surface area contributed by atoms with Crippen molar-refractivity contribution in [3.63, 3.8) is 0 Å². The van der Waals surface area contributed by atoms with E-state index in [4.69, 9.17) is 11.6 Å². The maximum atomic E-state index is 14.1. The van der Waals surface area contributed by atoms with Gasteiger partial charge < -0.3 is 4.90 Å². The standard InChI is InChI=1S/C19H19ClF4N2/c1-4-26(3)11-25-18-7-12(2)14(9-16(18)20)8-13-5-6-15(10-17(13)21)19(22,23)24/h5-7,9-11H,4,8H2,1-3H3. The van der Waals surface area contributed by atoms with Crippen LogP contribution in [0.1, 0.15) is 29.2 Å². The van der Waals surface area contributed by atoms with Crippen LogP contribution in [0.2, 0.25) is 5.02 Å². The highest BCUT2D eigenvalue weighted by Gasteiger charge is 2.31. The number of aryl methyl sites for hydroxylation is 1. The van der Waals surface area contributed by atoms with Crippen molar-refractivity contribution in [2.75, 3.05) is 13.6 Å². The van der Waals surface area contributed by atoms with E-state index in [9.17, 15) is 17.6 Å². The zero-order valence-corrected chi connectivity index (χ0v) is 15.4. The van der Waals surface area contributed by atoms with Crippen molar-refractivity contribution in [3.05, 3.63) is 63.4 Å². The van der Waals surface area contributed by atoms with Gasteiger partial charge in [-0.2, -0.15) is 13.2 Å². The Labute approximate surface area is 155 Å². The molecule has 2 nitrogen and oxygen atoms in total. The molecule has 0 heterocycles. The summed E-state index contributed by atoms with van der Waals surface area (Å²) in [4.78, 5) is 6.20. The first-order valence-electron chi connectivity index (χ1n) is 8.01. The molecule has 2 aromatic carbocycles. The third-order valence-electron chi connectivity index (χ3n) is 4.06. The summed E-state index contributed by atoms with van der Waals surface area (Å²) in [6.07, 6.45) is -2.76. The fraction of sp³-hybridized carbons (Fsp3) is 0.316. The highest BCUT2D eigenvalue weighted by molar-refractivity contribution is 6.33. The predicted octanol–water partition coefficient (Wildman–Crippen LogP) is 6.01. The minimum absolute atomic E-state index is 0.147. The molecule has 0 fully saturated rings. The molecule has 0 saturated carbocycles. The Balaban J connectivity index is 2.28. The molecule has 2 rings (SSSR count). The molecule has 0 amide bonds. The first-order chi connectivity index (χ1) is 12.1. The summed E-state index contributed by atoms with van der Waals surface area (Å²) in [7, 11) is 1.88. The zero-order chi connectivity index (χ0) is 19.5. The van der Waals surface area contributed by atoms with Crippen molar-refractivity contribution in [2.24, 2.45) is 4.99 Å². The average Bonchev–Trinajstić information content (AvgIpc) is 2.56. The van der Waals surface area contributed by atoms with Gasteiger partial charge in [-0.15, -0.1) is 0 Å². The Hall–Kier alpha value is -2.08. The molecule has 7 heteroatoms. The fourth-order valence-corrected chi connectivity index (χ4v) is 2.55. The van der Waals surface area contributed by atoms with Crippen molar-refractivity contribution in [2.45, 2.75) is 26.4 Å². The number of aliphatic imine (C=N–C) groups is 1. The van der Waals surface area contributed by atoms with Gasteiger partial charge in [-0.1, -0.05) is 17.7 Å². The predicted molar refractivity (Wildman–Crippen MR) is 96.9 cm³/mol. The molecule has 140 valence electrons. The van der Waals surface area contributed by atoms with Gasteiger partial charge in [0.05, 0.1) is 22.6 Å². The van der Waals surface area contributed by atoms with Crippen molar-refractivity contribution < 1.29 is 17.6 Å². The Morgan fingerprint density at radius 1 is 1.15 bits per heavy atom. The molecule has 0 aliphatic carbocycles. The van der Waals surface area contributed by atoms with Crippen LogP contribution in [-0.2, 0) is 12.6 Å². The summed E-state index contributed by atoms with van der Waals surface area (Å²) in [5.74, 6) is -0.887. The Morgan fingerprint density at radius 2 is 1.85 bits per heavy atom. The van der Waals surface area contributed by atoms with Gasteiger partial charge >= 0.3 is 6.18 Å². The van der Waals surface area contributed by atoms with Crippen molar-refractivity contribution in [1.29, 1.82) is 0 Å². The van der Waals surface area contributed by atoms with E-state index in [1.807, 2.05) is 25.8 Å². The van der Waals surface area contributed by atoms with Crippen LogP contribution in [0, 0.1) is 12.7 Å². The molecule has 26 heavy (non-hydrogen) atoms. The number of rotatable bonds is 5. The molecule has 0 N–H and O–H groups in total. The van der Waals surface area contributed by atoms with Gasteiger partial charge in [0.25, 0.3) is 0 Å². The zero-order valence-electron chi connectivity index (χ0n) is 14.7. The van der Waals surface area contributed by atoms with Gasteiger partial charge in [0.15, 0.2) is 0 Å². The minimum Gasteiger partial charge on any atom is -0.366 e. The van der Waals surface area contributed by atoms with Gasteiger partial charge in [0.2, 0.25) is 0 Å². The van der Waals surface area contributed by atoms with Crippen molar-refractivity contribution in [3.8, 4) is 0 Å². The summed E-state index contributed by atoms with van der Waals surface area (Å²) >= 11 is 6.24. The minimum atomic E-state index is -4.57. The van der Waals surface area contributed by atoms with Crippen LogP contribution in [-0.4, -0.2) is 24.8 Å². The summed E-state index contributed by atoms with van der Waals surface area (Å²) in [5, 5.41) is 0.402. The van der Waals surface area contributed by atoms with E-state index in [1.165, 1.54) is 0 Å². The molecule has 0 unspecified atom stereocenters. The lowest BCUT2D eigenvalue weighted by molar-refractivity contribution is -0.137. The number of alkyl halides is 3. The number of hydrogen-bond acceptors (Lipinski definition) is 1. The second-order valence-corrected chi connectivity index (χ2v) is 6.44. The monoisotopic (exact) mass is 386 g/mol. The van der Waals surface area contributed by atoms with E-state index in [0.29, 0.717) is 16.8 Å². The number of halogens is 5. The first kappa shape index (κ1) is 20.2. The van der Waals surface area contributed by atoms with Crippen molar-refractivity contribution in [1.82, 2.24) is 4.90 Å². The lowest BCUT2D eigenvalue weighted by Gasteiger charge is -2.12. The van der Waals surface area contributed by atoms with E-state index in [-0.39, 0.29) is 12.0 Å². The third kappa shape index (κ3) is 4.97. The quantitative estimate of drug-likeness (QED) is 0.349. The Bertz CT molecular complexity index is 816. The van der Waals surface area contributed by atoms with Crippen LogP contribution in [0.25, 0.3) is 0 Å². The van der Waals surface area contributed by atoms with Crippen molar-refractivity contribution >= 4 is 23.6 Å². The normalized spacial score (nSPS) is 12.0. The highest BCUT2D eigenvalue weighted by atomic mass is 35.5. The molecule has 0 saturated heterocycles. The molecular formula is C19H19ClF4N2. The maximum Gasteiger partial charge on any atom is 0.416 e. The number of nitrogens with zero attached hydrogens (tertiary/aromatic N) is 2. The smallest absolute Gasteiger partial charge is 0.366 e. The van der Waals surface area contributed by atoms with Gasteiger partial charge in [-0.05, 0) is 54.8 Å². The summed E-state index contributed by atoms with van der Waals surface area (Å²) in [6, 6.07) is 6.01. The second kappa shape index (κ2) is 8.08. The van der Waals surface area contributed by atoms with E-state index >= 15 is 0 Å². The average molecular weight is 387 g/mol. The SMILES string of the molecule is CCN(C)C=Nc1cc(C)c(Cc2ccc(C(F)(F)F)cc2F)cc1Cl. The summed E-state index contributed by atoms with van der Waals surface area (Å²) < 4.78 is 52.0. The van der Waals surface area contributed by atoms with Crippen LogP contribution in [0.4, 0.5) is 23.2 Å². The highest BCUT2D eigenvalue weighted by Crippen LogP contribution is 2.32. The lowest BCUT2D eigenvalue weighted by Crippen LogP contribution is -2.14. The van der Waals surface area contributed by atoms with Gasteiger partial charge in [-0.3, -0.25) is 0 Å². The fourth-order valence-electron chi connectivity index (χ4n) is 2.31. The second-order valence-electron chi connectivity index (χ2n) is 6.03. The third-order valence-corrected chi connectivity index (χ3v) is 4.36. The van der Waals surface area contributed by atoms with Gasteiger partial charge in [0, 0.05) is 20.0 Å². The Morgan fingerprint density at radius 3 is 2.42 bits per heavy atom. The van der Waals surface area contributed by atoms with E-state index in [2.05, 4.69) is 4.99 Å². The molecule has 0 aliphatic heterocycles.